The van der Waals surface area contributed by atoms with Crippen LogP contribution in [0.15, 0.2) is 0 Å². The molecule has 0 spiro atoms. The molecule has 0 rings (SSSR count). The maximum Gasteiger partial charge on any atom is 0.306 e. The fraction of sp³-hybridized carbons (Fsp3) is 0.930. The van der Waals surface area contributed by atoms with Crippen LogP contribution in [0.25, 0.3) is 0 Å². The first-order valence-electron chi connectivity index (χ1n) is 21.3. The second-order valence-corrected chi connectivity index (χ2v) is 15.3. The Morgan fingerprint density at radius 1 is 0.429 bits per heavy atom. The molecule has 6 heteroatoms. The smallest absolute Gasteiger partial charge is 0.306 e. The first kappa shape index (κ1) is 47.4. The van der Waals surface area contributed by atoms with Gasteiger partial charge in [0.1, 0.15) is 13.2 Å². The lowest BCUT2D eigenvalue weighted by Gasteiger charge is -2.18. The van der Waals surface area contributed by atoms with Crippen LogP contribution in [0.2, 0.25) is 0 Å². The van der Waals surface area contributed by atoms with E-state index in [1.165, 1.54) is 116 Å². The van der Waals surface area contributed by atoms with Gasteiger partial charge in [-0.25, -0.2) is 0 Å². The molecule has 1 unspecified atom stereocenters. The number of unbranched alkanes of at least 4 members (excludes halogenated alkanes) is 21. The second-order valence-electron chi connectivity index (χ2n) is 15.3. The van der Waals surface area contributed by atoms with Crippen LogP contribution >= 0.6 is 0 Å². The van der Waals surface area contributed by atoms with Gasteiger partial charge < -0.3 is 14.2 Å². The summed E-state index contributed by atoms with van der Waals surface area (Å²) in [6, 6.07) is 0. The molecule has 0 saturated heterocycles. The lowest BCUT2D eigenvalue weighted by Crippen LogP contribution is -2.30. The fourth-order valence-electron chi connectivity index (χ4n) is 6.19. The zero-order valence-electron chi connectivity index (χ0n) is 33.3. The van der Waals surface area contributed by atoms with Gasteiger partial charge in [0.2, 0.25) is 0 Å². The van der Waals surface area contributed by atoms with E-state index in [9.17, 15) is 14.4 Å². The van der Waals surface area contributed by atoms with Crippen LogP contribution in [0.5, 0.6) is 0 Å². The molecule has 0 radical (unpaired) electrons. The summed E-state index contributed by atoms with van der Waals surface area (Å²) in [7, 11) is 0. The van der Waals surface area contributed by atoms with Crippen LogP contribution in [0.4, 0.5) is 0 Å². The normalized spacial score (nSPS) is 12.6. The van der Waals surface area contributed by atoms with Crippen LogP contribution in [0.3, 0.4) is 0 Å². The molecule has 0 aliphatic carbocycles. The van der Waals surface area contributed by atoms with Gasteiger partial charge in [-0.3, -0.25) is 14.4 Å². The fourth-order valence-corrected chi connectivity index (χ4v) is 6.19. The zero-order valence-corrected chi connectivity index (χ0v) is 33.3. The third-order valence-corrected chi connectivity index (χ3v) is 9.83. The van der Waals surface area contributed by atoms with Crippen molar-refractivity contribution in [2.45, 2.75) is 233 Å². The topological polar surface area (TPSA) is 78.9 Å². The highest BCUT2D eigenvalue weighted by molar-refractivity contribution is 5.71. The molecule has 290 valence electrons. The van der Waals surface area contributed by atoms with Gasteiger partial charge in [-0.1, -0.05) is 189 Å². The molecule has 0 aliphatic rings. The standard InChI is InChI=1S/C43H82O6/c1-6-8-9-10-11-12-19-25-30-35-43(46)49-40(37-48-42(45)34-29-24-20-15-16-21-26-31-38(3)4)36-47-41(44)33-28-23-18-14-13-17-22-27-32-39(5)7-2/h38-40H,6-37H2,1-5H3/t39?,40-/m0/s1. The van der Waals surface area contributed by atoms with Crippen molar-refractivity contribution < 1.29 is 28.6 Å². The van der Waals surface area contributed by atoms with Crippen molar-refractivity contribution >= 4 is 17.9 Å². The number of hydrogen-bond acceptors (Lipinski definition) is 6. The summed E-state index contributed by atoms with van der Waals surface area (Å²) in [5, 5.41) is 0. The Bertz CT molecular complexity index is 751. The molecule has 6 nitrogen and oxygen atoms in total. The quantitative estimate of drug-likeness (QED) is 0.0366. The highest BCUT2D eigenvalue weighted by atomic mass is 16.6. The molecule has 0 bridgehead atoms. The molecule has 0 heterocycles. The Kier molecular flexibility index (Phi) is 35.0. The molecule has 0 aromatic rings. The Morgan fingerprint density at radius 3 is 1.16 bits per heavy atom. The van der Waals surface area contributed by atoms with Crippen molar-refractivity contribution in [2.24, 2.45) is 11.8 Å². The molecule has 0 saturated carbocycles. The number of carbonyl (C=O) groups excluding carboxylic acids is 3. The predicted octanol–water partition coefficient (Wildman–Crippen LogP) is 13.0. The number of esters is 3. The predicted molar refractivity (Wildman–Crippen MR) is 206 cm³/mol. The van der Waals surface area contributed by atoms with E-state index in [4.69, 9.17) is 14.2 Å². The monoisotopic (exact) mass is 695 g/mol. The van der Waals surface area contributed by atoms with E-state index >= 15 is 0 Å². The summed E-state index contributed by atoms with van der Waals surface area (Å²) < 4.78 is 16.6. The van der Waals surface area contributed by atoms with Gasteiger partial charge in [0.15, 0.2) is 6.10 Å². The molecule has 49 heavy (non-hydrogen) atoms. The van der Waals surface area contributed by atoms with Crippen LogP contribution in [-0.2, 0) is 28.6 Å². The van der Waals surface area contributed by atoms with E-state index in [1.807, 2.05) is 0 Å². The summed E-state index contributed by atoms with van der Waals surface area (Å²) in [4.78, 5) is 37.5. The maximum absolute atomic E-state index is 12.6. The minimum Gasteiger partial charge on any atom is -0.462 e. The molecule has 0 amide bonds. The maximum atomic E-state index is 12.6. The third kappa shape index (κ3) is 36.0. The Hall–Kier alpha value is -1.59. The van der Waals surface area contributed by atoms with E-state index in [2.05, 4.69) is 34.6 Å². The van der Waals surface area contributed by atoms with Gasteiger partial charge >= 0.3 is 17.9 Å². The zero-order chi connectivity index (χ0) is 36.2. The van der Waals surface area contributed by atoms with E-state index < -0.39 is 6.10 Å². The van der Waals surface area contributed by atoms with E-state index in [1.54, 1.807) is 0 Å². The van der Waals surface area contributed by atoms with Crippen molar-refractivity contribution in [1.29, 1.82) is 0 Å². The molecular formula is C43H82O6. The molecule has 0 aliphatic heterocycles. The Morgan fingerprint density at radius 2 is 0.776 bits per heavy atom. The van der Waals surface area contributed by atoms with E-state index in [0.29, 0.717) is 19.3 Å². The third-order valence-electron chi connectivity index (χ3n) is 9.83. The number of hydrogen-bond donors (Lipinski definition) is 0. The van der Waals surface area contributed by atoms with Crippen molar-refractivity contribution in [3.63, 3.8) is 0 Å². The summed E-state index contributed by atoms with van der Waals surface area (Å²) >= 11 is 0. The molecule has 0 aromatic carbocycles. The first-order valence-corrected chi connectivity index (χ1v) is 21.3. The van der Waals surface area contributed by atoms with Crippen molar-refractivity contribution in [3.8, 4) is 0 Å². The van der Waals surface area contributed by atoms with Crippen molar-refractivity contribution in [1.82, 2.24) is 0 Å². The minimum absolute atomic E-state index is 0.0664. The number of ether oxygens (including phenoxy) is 3. The summed E-state index contributed by atoms with van der Waals surface area (Å²) in [5.41, 5.74) is 0. The van der Waals surface area contributed by atoms with Gasteiger partial charge in [0, 0.05) is 19.3 Å². The lowest BCUT2D eigenvalue weighted by molar-refractivity contribution is -0.167. The van der Waals surface area contributed by atoms with Crippen LogP contribution in [0.1, 0.15) is 227 Å². The number of rotatable bonds is 37. The first-order chi connectivity index (χ1) is 23.8. The molecule has 2 atom stereocenters. The highest BCUT2D eigenvalue weighted by Crippen LogP contribution is 2.16. The molecule has 0 aromatic heterocycles. The van der Waals surface area contributed by atoms with Gasteiger partial charge in [0.05, 0.1) is 0 Å². The van der Waals surface area contributed by atoms with Crippen LogP contribution in [-0.4, -0.2) is 37.2 Å². The Balaban J connectivity index is 4.34. The SMILES string of the molecule is CCCCCCCCCCCC(=O)O[C@@H](COC(=O)CCCCCCCCCCC(C)CC)COC(=O)CCCCCCCCCC(C)C. The van der Waals surface area contributed by atoms with Gasteiger partial charge in [-0.2, -0.15) is 0 Å². The summed E-state index contributed by atoms with van der Waals surface area (Å²) in [6.45, 7) is 11.3. The van der Waals surface area contributed by atoms with E-state index in [0.717, 1.165) is 69.6 Å². The second kappa shape index (κ2) is 36.2. The van der Waals surface area contributed by atoms with Gasteiger partial charge in [0.25, 0.3) is 0 Å². The minimum atomic E-state index is -0.759. The van der Waals surface area contributed by atoms with Crippen molar-refractivity contribution in [2.75, 3.05) is 13.2 Å². The molecular weight excluding hydrogens is 612 g/mol. The van der Waals surface area contributed by atoms with E-state index in [-0.39, 0.29) is 31.1 Å². The average molecular weight is 695 g/mol. The van der Waals surface area contributed by atoms with Gasteiger partial charge in [-0.15, -0.1) is 0 Å². The van der Waals surface area contributed by atoms with Crippen LogP contribution < -0.4 is 0 Å². The van der Waals surface area contributed by atoms with Crippen molar-refractivity contribution in [3.05, 3.63) is 0 Å². The lowest BCUT2D eigenvalue weighted by atomic mass is 9.99. The molecule has 0 N–H and O–H groups in total. The Labute approximate surface area is 304 Å². The average Bonchev–Trinajstić information content (AvgIpc) is 3.08. The summed E-state index contributed by atoms with van der Waals surface area (Å²) in [6.07, 6.45) is 32.3. The molecule has 0 fully saturated rings. The number of carbonyl (C=O) groups is 3. The van der Waals surface area contributed by atoms with Gasteiger partial charge in [-0.05, 0) is 31.1 Å². The highest BCUT2D eigenvalue weighted by Gasteiger charge is 2.19. The summed E-state index contributed by atoms with van der Waals surface area (Å²) in [5.74, 6) is 0.762. The van der Waals surface area contributed by atoms with Crippen LogP contribution in [0, 0.1) is 11.8 Å². The largest absolute Gasteiger partial charge is 0.462 e.